The number of hydrogen-bond acceptors (Lipinski definition) is 3. The quantitative estimate of drug-likeness (QED) is 0.814. The molecule has 0 aliphatic carbocycles. The first-order chi connectivity index (χ1) is 9.10. The first-order valence-electron chi connectivity index (χ1n) is 6.08. The number of aromatic nitrogens is 1. The van der Waals surface area contributed by atoms with Gasteiger partial charge in [-0.3, -0.25) is 0 Å². The van der Waals surface area contributed by atoms with Gasteiger partial charge in [-0.15, -0.1) is 0 Å². The van der Waals surface area contributed by atoms with Crippen molar-refractivity contribution >= 4 is 11.6 Å². The number of rotatable bonds is 4. The molecule has 0 bridgehead atoms. The molecule has 2 aromatic rings. The molecule has 1 aromatic heterocycles. The van der Waals surface area contributed by atoms with Crippen LogP contribution in [-0.4, -0.2) is 12.1 Å². The van der Waals surface area contributed by atoms with Gasteiger partial charge in [-0.05, 0) is 36.2 Å². The minimum absolute atomic E-state index is 0.354. The topological polar surface area (TPSA) is 31.4 Å². The highest BCUT2D eigenvalue weighted by atomic mass is 35.5. The molecule has 0 spiro atoms. The Balaban J connectivity index is 2.24. The summed E-state index contributed by atoms with van der Waals surface area (Å²) in [5.74, 6) is 2.15. The average Bonchev–Trinajstić information content (AvgIpc) is 2.41. The number of nitrogens with zero attached hydrogens (tertiary/aromatic N) is 1. The van der Waals surface area contributed by atoms with Gasteiger partial charge in [-0.25, -0.2) is 0 Å². The lowest BCUT2D eigenvalue weighted by Crippen LogP contribution is -1.98. The van der Waals surface area contributed by atoms with Crippen molar-refractivity contribution < 1.29 is 9.47 Å². The van der Waals surface area contributed by atoms with E-state index in [1.54, 1.807) is 31.4 Å². The molecule has 0 saturated carbocycles. The number of benzene rings is 1. The number of ether oxygens (including phenoxy) is 2. The maximum Gasteiger partial charge on any atom is 0.222 e. The average molecular weight is 278 g/mol. The van der Waals surface area contributed by atoms with Crippen LogP contribution < -0.4 is 9.47 Å². The predicted octanol–water partition coefficient (Wildman–Crippen LogP) is 4.66. The van der Waals surface area contributed by atoms with E-state index in [2.05, 4.69) is 18.8 Å². The van der Waals surface area contributed by atoms with Crippen LogP contribution in [0, 0.1) is 0 Å². The third kappa shape index (κ3) is 3.38. The number of halogens is 1. The van der Waals surface area contributed by atoms with Crippen LogP contribution in [0.4, 0.5) is 0 Å². The van der Waals surface area contributed by atoms with Crippen LogP contribution in [0.15, 0.2) is 36.4 Å². The Kier molecular flexibility index (Phi) is 4.27. The SMILES string of the molecule is COc1nc(Oc2ccc(Cl)cc2)ccc1C(C)C. The van der Waals surface area contributed by atoms with Gasteiger partial charge in [-0.2, -0.15) is 4.98 Å². The van der Waals surface area contributed by atoms with E-state index in [1.165, 1.54) is 0 Å². The molecule has 19 heavy (non-hydrogen) atoms. The second-order valence-corrected chi connectivity index (χ2v) is 4.90. The third-order valence-corrected chi connectivity index (χ3v) is 2.97. The molecule has 0 radical (unpaired) electrons. The molecular weight excluding hydrogens is 262 g/mol. The number of hydrogen-bond donors (Lipinski definition) is 0. The normalized spacial score (nSPS) is 10.6. The van der Waals surface area contributed by atoms with Gasteiger partial charge in [0.1, 0.15) is 5.75 Å². The van der Waals surface area contributed by atoms with Crippen molar-refractivity contribution in [1.29, 1.82) is 0 Å². The highest BCUT2D eigenvalue weighted by molar-refractivity contribution is 6.30. The Hall–Kier alpha value is -1.74. The molecule has 0 atom stereocenters. The molecule has 0 amide bonds. The van der Waals surface area contributed by atoms with Crippen LogP contribution in [0.3, 0.4) is 0 Å². The van der Waals surface area contributed by atoms with Crippen LogP contribution in [0.5, 0.6) is 17.5 Å². The van der Waals surface area contributed by atoms with Crippen molar-refractivity contribution in [2.45, 2.75) is 19.8 Å². The predicted molar refractivity (Wildman–Crippen MR) is 76.4 cm³/mol. The first-order valence-corrected chi connectivity index (χ1v) is 6.46. The summed E-state index contributed by atoms with van der Waals surface area (Å²) < 4.78 is 11.0. The monoisotopic (exact) mass is 277 g/mol. The van der Waals surface area contributed by atoms with Crippen LogP contribution in [-0.2, 0) is 0 Å². The standard InChI is InChI=1S/C15H16ClNO2/c1-10(2)13-8-9-14(17-15(13)18-3)19-12-6-4-11(16)5-7-12/h4-10H,1-3H3. The van der Waals surface area contributed by atoms with E-state index >= 15 is 0 Å². The molecule has 0 aliphatic rings. The van der Waals surface area contributed by atoms with Crippen molar-refractivity contribution in [3.8, 4) is 17.5 Å². The zero-order valence-electron chi connectivity index (χ0n) is 11.2. The Bertz CT molecular complexity index is 553. The van der Waals surface area contributed by atoms with Crippen molar-refractivity contribution in [2.75, 3.05) is 7.11 Å². The van der Waals surface area contributed by atoms with Gasteiger partial charge in [0, 0.05) is 16.7 Å². The largest absolute Gasteiger partial charge is 0.481 e. The maximum atomic E-state index is 5.83. The molecule has 0 unspecified atom stereocenters. The maximum absolute atomic E-state index is 5.83. The summed E-state index contributed by atoms with van der Waals surface area (Å²) in [5, 5.41) is 0.674. The summed E-state index contributed by atoms with van der Waals surface area (Å²) in [4.78, 5) is 4.35. The van der Waals surface area contributed by atoms with Crippen molar-refractivity contribution in [1.82, 2.24) is 4.98 Å². The zero-order valence-corrected chi connectivity index (χ0v) is 11.9. The molecule has 1 aromatic carbocycles. The van der Waals surface area contributed by atoms with Crippen LogP contribution >= 0.6 is 11.6 Å². The third-order valence-electron chi connectivity index (χ3n) is 2.72. The summed E-state index contributed by atoms with van der Waals surface area (Å²) in [5.41, 5.74) is 1.06. The molecule has 0 aliphatic heterocycles. The molecule has 100 valence electrons. The van der Waals surface area contributed by atoms with E-state index in [1.807, 2.05) is 12.1 Å². The summed E-state index contributed by atoms with van der Waals surface area (Å²) >= 11 is 5.83. The minimum Gasteiger partial charge on any atom is -0.481 e. The van der Waals surface area contributed by atoms with Gasteiger partial charge in [0.25, 0.3) is 0 Å². The molecule has 1 heterocycles. The fourth-order valence-corrected chi connectivity index (χ4v) is 1.84. The lowest BCUT2D eigenvalue weighted by molar-refractivity contribution is 0.376. The summed E-state index contributed by atoms with van der Waals surface area (Å²) in [6, 6.07) is 11.0. The Morgan fingerprint density at radius 1 is 1.05 bits per heavy atom. The molecule has 2 rings (SSSR count). The summed E-state index contributed by atoms with van der Waals surface area (Å²) in [6.07, 6.45) is 0. The van der Waals surface area contributed by atoms with Gasteiger partial charge >= 0.3 is 0 Å². The lowest BCUT2D eigenvalue weighted by Gasteiger charge is -2.12. The fraction of sp³-hybridized carbons (Fsp3) is 0.267. The summed E-state index contributed by atoms with van der Waals surface area (Å²) in [7, 11) is 1.61. The van der Waals surface area contributed by atoms with E-state index in [0.717, 1.165) is 5.56 Å². The van der Waals surface area contributed by atoms with Gasteiger partial charge < -0.3 is 9.47 Å². The smallest absolute Gasteiger partial charge is 0.222 e. The van der Waals surface area contributed by atoms with Crippen molar-refractivity contribution in [2.24, 2.45) is 0 Å². The molecule has 0 N–H and O–H groups in total. The highest BCUT2D eigenvalue weighted by Gasteiger charge is 2.10. The Morgan fingerprint density at radius 2 is 1.74 bits per heavy atom. The lowest BCUT2D eigenvalue weighted by atomic mass is 10.1. The molecular formula is C15H16ClNO2. The Morgan fingerprint density at radius 3 is 2.32 bits per heavy atom. The van der Waals surface area contributed by atoms with Gasteiger partial charge in [0.15, 0.2) is 0 Å². The van der Waals surface area contributed by atoms with Gasteiger partial charge in [-0.1, -0.05) is 25.4 Å². The molecule has 4 heteroatoms. The van der Waals surface area contributed by atoms with Gasteiger partial charge in [0.2, 0.25) is 11.8 Å². The van der Waals surface area contributed by atoms with E-state index in [4.69, 9.17) is 21.1 Å². The van der Waals surface area contributed by atoms with E-state index in [0.29, 0.717) is 28.5 Å². The Labute approximate surface area is 118 Å². The second-order valence-electron chi connectivity index (χ2n) is 4.46. The molecule has 0 fully saturated rings. The minimum atomic E-state index is 0.354. The number of methoxy groups -OCH3 is 1. The first kappa shape index (κ1) is 13.7. The van der Waals surface area contributed by atoms with E-state index in [9.17, 15) is 0 Å². The van der Waals surface area contributed by atoms with Gasteiger partial charge in [0.05, 0.1) is 7.11 Å². The van der Waals surface area contributed by atoms with Crippen LogP contribution in [0.25, 0.3) is 0 Å². The molecule has 3 nitrogen and oxygen atoms in total. The van der Waals surface area contributed by atoms with E-state index < -0.39 is 0 Å². The van der Waals surface area contributed by atoms with Crippen molar-refractivity contribution in [3.63, 3.8) is 0 Å². The van der Waals surface area contributed by atoms with Crippen LogP contribution in [0.1, 0.15) is 25.3 Å². The molecule has 0 saturated heterocycles. The second kappa shape index (κ2) is 5.93. The van der Waals surface area contributed by atoms with E-state index in [-0.39, 0.29) is 0 Å². The zero-order chi connectivity index (χ0) is 13.8. The van der Waals surface area contributed by atoms with Crippen molar-refractivity contribution in [3.05, 3.63) is 47.0 Å². The van der Waals surface area contributed by atoms with Crippen LogP contribution in [0.2, 0.25) is 5.02 Å². The number of pyridine rings is 1. The summed E-state index contributed by atoms with van der Waals surface area (Å²) in [6.45, 7) is 4.19. The highest BCUT2D eigenvalue weighted by Crippen LogP contribution is 2.29. The fourth-order valence-electron chi connectivity index (χ4n) is 1.72.